The van der Waals surface area contributed by atoms with Gasteiger partial charge in [0, 0.05) is 13.1 Å². The van der Waals surface area contributed by atoms with Gasteiger partial charge in [0.15, 0.2) is 0 Å². The summed E-state index contributed by atoms with van der Waals surface area (Å²) in [4.78, 5) is 13.5. The van der Waals surface area contributed by atoms with Crippen LogP contribution in [0.2, 0.25) is 0 Å². The van der Waals surface area contributed by atoms with Gasteiger partial charge in [-0.25, -0.2) is 4.79 Å². The number of nitrogens with zero attached hydrogens (tertiary/aromatic N) is 1. The Morgan fingerprint density at radius 3 is 2.47 bits per heavy atom. The fraction of sp³-hybridized carbons (Fsp3) is 0.909. The minimum absolute atomic E-state index is 0.233. The number of rotatable bonds is 1. The lowest BCUT2D eigenvalue weighted by atomic mass is 10.1. The molecule has 1 saturated heterocycles. The number of ether oxygens (including phenoxy) is 1. The first-order valence-electron chi connectivity index (χ1n) is 5.50. The Balaban J connectivity index is 2.52. The van der Waals surface area contributed by atoms with Crippen LogP contribution >= 0.6 is 0 Å². The minimum Gasteiger partial charge on any atom is -0.444 e. The Kier molecular flexibility index (Phi) is 3.60. The maximum Gasteiger partial charge on any atom is 0.410 e. The van der Waals surface area contributed by atoms with Gasteiger partial charge in [-0.1, -0.05) is 0 Å². The molecule has 4 heteroatoms. The highest BCUT2D eigenvalue weighted by Gasteiger charge is 2.31. The van der Waals surface area contributed by atoms with Crippen molar-refractivity contribution in [2.24, 2.45) is 0 Å². The van der Waals surface area contributed by atoms with Crippen LogP contribution in [0, 0.1) is 0 Å². The van der Waals surface area contributed by atoms with Gasteiger partial charge >= 0.3 is 6.09 Å². The summed E-state index contributed by atoms with van der Waals surface area (Å²) in [5.74, 6) is 0. The summed E-state index contributed by atoms with van der Waals surface area (Å²) < 4.78 is 5.32. The van der Waals surface area contributed by atoms with Crippen LogP contribution in [0.5, 0.6) is 0 Å². The Labute approximate surface area is 92.0 Å². The summed E-state index contributed by atoms with van der Waals surface area (Å²) in [5.41, 5.74) is -0.416. The number of nitrogens with one attached hydrogen (secondary N) is 1. The van der Waals surface area contributed by atoms with Crippen LogP contribution in [0.4, 0.5) is 4.79 Å². The van der Waals surface area contributed by atoms with Crippen molar-refractivity contribution < 1.29 is 9.53 Å². The highest BCUT2D eigenvalue weighted by molar-refractivity contribution is 5.68. The number of likely N-dealkylation sites (N-methyl/N-ethyl adjacent to an activating group) is 1. The first kappa shape index (κ1) is 12.3. The number of carbonyl (C=O) groups is 1. The summed E-state index contributed by atoms with van der Waals surface area (Å²) in [6, 6.07) is 0.599. The van der Waals surface area contributed by atoms with Gasteiger partial charge in [0.1, 0.15) is 5.60 Å². The van der Waals surface area contributed by atoms with Gasteiger partial charge in [-0.3, -0.25) is 0 Å². The van der Waals surface area contributed by atoms with E-state index in [1.807, 2.05) is 27.8 Å². The zero-order valence-corrected chi connectivity index (χ0v) is 10.3. The lowest BCUT2D eigenvalue weighted by molar-refractivity contribution is 0.0215. The normalized spacial score (nSPS) is 26.5. The van der Waals surface area contributed by atoms with Gasteiger partial charge in [-0.15, -0.1) is 0 Å². The zero-order valence-electron chi connectivity index (χ0n) is 10.3. The van der Waals surface area contributed by atoms with Crippen LogP contribution in [-0.4, -0.2) is 42.3 Å². The molecular weight excluding hydrogens is 192 g/mol. The maximum absolute atomic E-state index is 11.8. The van der Waals surface area contributed by atoms with E-state index in [1.165, 1.54) is 0 Å². The van der Waals surface area contributed by atoms with Gasteiger partial charge in [-0.2, -0.15) is 0 Å². The van der Waals surface area contributed by atoms with Crippen LogP contribution in [0.3, 0.4) is 0 Å². The van der Waals surface area contributed by atoms with E-state index in [1.54, 1.807) is 4.90 Å². The molecule has 0 unspecified atom stereocenters. The van der Waals surface area contributed by atoms with E-state index in [0.717, 1.165) is 13.0 Å². The summed E-state index contributed by atoms with van der Waals surface area (Å²) in [7, 11) is 1.81. The molecule has 15 heavy (non-hydrogen) atoms. The summed E-state index contributed by atoms with van der Waals surface area (Å²) in [5, 5.41) is 3.32. The van der Waals surface area contributed by atoms with E-state index in [9.17, 15) is 4.79 Å². The van der Waals surface area contributed by atoms with Gasteiger partial charge < -0.3 is 15.0 Å². The van der Waals surface area contributed by atoms with Crippen molar-refractivity contribution in [3.8, 4) is 0 Å². The molecule has 0 spiro atoms. The van der Waals surface area contributed by atoms with E-state index in [-0.39, 0.29) is 12.1 Å². The monoisotopic (exact) mass is 214 g/mol. The molecule has 0 radical (unpaired) electrons. The fourth-order valence-corrected chi connectivity index (χ4v) is 1.84. The second kappa shape index (κ2) is 4.39. The van der Waals surface area contributed by atoms with Gasteiger partial charge in [0.2, 0.25) is 0 Å². The molecular formula is C11H22N2O2. The first-order valence-corrected chi connectivity index (χ1v) is 5.50. The third kappa shape index (κ3) is 3.38. The van der Waals surface area contributed by atoms with Crippen molar-refractivity contribution >= 4 is 6.09 Å². The largest absolute Gasteiger partial charge is 0.444 e. The second-order valence-corrected chi connectivity index (χ2v) is 5.19. The molecule has 1 rings (SSSR count). The van der Waals surface area contributed by atoms with Gasteiger partial charge in [0.25, 0.3) is 0 Å². The van der Waals surface area contributed by atoms with E-state index < -0.39 is 5.60 Å². The van der Waals surface area contributed by atoms with Crippen molar-refractivity contribution in [1.29, 1.82) is 0 Å². The molecule has 2 atom stereocenters. The third-order valence-corrected chi connectivity index (χ3v) is 2.66. The predicted octanol–water partition coefficient (Wildman–Crippen LogP) is 1.60. The van der Waals surface area contributed by atoms with Crippen molar-refractivity contribution in [3.63, 3.8) is 0 Å². The van der Waals surface area contributed by atoms with Crippen LogP contribution in [-0.2, 0) is 4.74 Å². The highest BCUT2D eigenvalue weighted by Crippen LogP contribution is 2.16. The van der Waals surface area contributed by atoms with Crippen LogP contribution in [0.25, 0.3) is 0 Å². The predicted molar refractivity (Wildman–Crippen MR) is 59.9 cm³/mol. The Morgan fingerprint density at radius 1 is 1.47 bits per heavy atom. The summed E-state index contributed by atoms with van der Waals surface area (Å²) in [6.07, 6.45) is 0.764. The van der Waals surface area contributed by atoms with E-state index >= 15 is 0 Å². The van der Waals surface area contributed by atoms with Crippen molar-refractivity contribution in [2.75, 3.05) is 13.6 Å². The molecule has 1 fully saturated rings. The molecule has 1 amide bonds. The molecule has 0 saturated carbocycles. The first-order chi connectivity index (χ1) is 6.81. The van der Waals surface area contributed by atoms with Gasteiger partial charge in [-0.05, 0) is 40.7 Å². The number of hydrogen-bond donors (Lipinski definition) is 1. The zero-order chi connectivity index (χ0) is 11.6. The fourth-order valence-electron chi connectivity index (χ4n) is 1.84. The SMILES string of the molecule is C[C@@H]1NCC[C@H]1N(C)C(=O)OC(C)(C)C. The third-order valence-electron chi connectivity index (χ3n) is 2.66. The standard InChI is InChI=1S/C11H22N2O2/c1-8-9(6-7-12-8)13(5)10(14)15-11(2,3)4/h8-9,12H,6-7H2,1-5H3/t8-,9+/m0/s1. The van der Waals surface area contributed by atoms with Crippen molar-refractivity contribution in [3.05, 3.63) is 0 Å². The van der Waals surface area contributed by atoms with Crippen molar-refractivity contribution in [2.45, 2.75) is 51.8 Å². The highest BCUT2D eigenvalue weighted by atomic mass is 16.6. The number of carbonyl (C=O) groups excluding carboxylic acids is 1. The van der Waals surface area contributed by atoms with E-state index in [4.69, 9.17) is 4.74 Å². The van der Waals surface area contributed by atoms with E-state index in [2.05, 4.69) is 12.2 Å². The molecule has 1 N–H and O–H groups in total. The average Bonchev–Trinajstić information content (AvgIpc) is 2.47. The van der Waals surface area contributed by atoms with Crippen molar-refractivity contribution in [1.82, 2.24) is 10.2 Å². The van der Waals surface area contributed by atoms with Gasteiger partial charge in [0.05, 0.1) is 6.04 Å². The molecule has 0 aliphatic carbocycles. The molecule has 4 nitrogen and oxygen atoms in total. The molecule has 0 aromatic carbocycles. The summed E-state index contributed by atoms with van der Waals surface area (Å²) in [6.45, 7) is 8.72. The maximum atomic E-state index is 11.8. The van der Waals surface area contributed by atoms with E-state index in [0.29, 0.717) is 6.04 Å². The molecule has 0 bridgehead atoms. The Bertz CT molecular complexity index is 235. The number of amides is 1. The number of hydrogen-bond acceptors (Lipinski definition) is 3. The quantitative estimate of drug-likeness (QED) is 0.721. The second-order valence-electron chi connectivity index (χ2n) is 5.19. The average molecular weight is 214 g/mol. The van der Waals surface area contributed by atoms with Crippen LogP contribution in [0.1, 0.15) is 34.1 Å². The molecule has 0 aromatic rings. The van der Waals surface area contributed by atoms with Crippen LogP contribution in [0.15, 0.2) is 0 Å². The molecule has 0 aromatic heterocycles. The Hall–Kier alpha value is -0.770. The lowest BCUT2D eigenvalue weighted by Crippen LogP contribution is -2.45. The topological polar surface area (TPSA) is 41.6 Å². The Morgan fingerprint density at radius 2 is 2.07 bits per heavy atom. The summed E-state index contributed by atoms with van der Waals surface area (Å²) >= 11 is 0. The molecule has 1 aliphatic rings. The smallest absolute Gasteiger partial charge is 0.410 e. The lowest BCUT2D eigenvalue weighted by Gasteiger charge is -2.30. The molecule has 1 aliphatic heterocycles. The molecule has 88 valence electrons. The molecule has 1 heterocycles. The van der Waals surface area contributed by atoms with Crippen LogP contribution < -0.4 is 5.32 Å². The minimum atomic E-state index is -0.416.